The van der Waals surface area contributed by atoms with Crippen LogP contribution in [0.25, 0.3) is 0 Å². The largest absolute Gasteiger partial charge is 0.497 e. The second-order valence-electron chi connectivity index (χ2n) is 7.63. The third kappa shape index (κ3) is 8.55. The summed E-state index contributed by atoms with van der Waals surface area (Å²) < 4.78 is 5.23. The molecule has 5 nitrogen and oxygen atoms in total. The number of aliphatic imine (C=N–C) groups is 1. The number of hydrogen-bond acceptors (Lipinski definition) is 3. The number of rotatable bonds is 9. The fourth-order valence-corrected chi connectivity index (χ4v) is 3.70. The zero-order valence-corrected chi connectivity index (χ0v) is 20.4. The van der Waals surface area contributed by atoms with Gasteiger partial charge >= 0.3 is 0 Å². The minimum atomic E-state index is 0. The van der Waals surface area contributed by atoms with Gasteiger partial charge in [-0.3, -0.25) is 4.99 Å². The summed E-state index contributed by atoms with van der Waals surface area (Å²) >= 11 is 0. The van der Waals surface area contributed by atoms with Gasteiger partial charge in [0.15, 0.2) is 5.96 Å². The van der Waals surface area contributed by atoms with E-state index in [2.05, 4.69) is 46.5 Å². The Morgan fingerprint density at radius 1 is 1.21 bits per heavy atom. The first-order valence-corrected chi connectivity index (χ1v) is 10.5. The molecular weight excluding hydrogens is 463 g/mol. The Labute approximate surface area is 188 Å². The Balaban J connectivity index is 0.00000392. The lowest BCUT2D eigenvalue weighted by molar-refractivity contribution is 0.185. The van der Waals surface area contributed by atoms with Gasteiger partial charge in [-0.25, -0.2) is 0 Å². The molecular formula is C22H39IN4O. The van der Waals surface area contributed by atoms with Crippen LogP contribution in [0.3, 0.4) is 0 Å². The number of ether oxygens (including phenoxy) is 1. The van der Waals surface area contributed by atoms with Gasteiger partial charge in [0.25, 0.3) is 0 Å². The van der Waals surface area contributed by atoms with E-state index in [4.69, 9.17) is 4.74 Å². The number of hydrogen-bond donors (Lipinski definition) is 2. The van der Waals surface area contributed by atoms with Crippen molar-refractivity contribution < 1.29 is 4.74 Å². The number of likely N-dealkylation sites (tertiary alicyclic amines) is 1. The molecule has 0 saturated carbocycles. The second-order valence-corrected chi connectivity index (χ2v) is 7.63. The minimum Gasteiger partial charge on any atom is -0.497 e. The fraction of sp³-hybridized carbons (Fsp3) is 0.682. The van der Waals surface area contributed by atoms with Crippen molar-refractivity contribution >= 4 is 29.9 Å². The molecule has 1 atom stereocenters. The summed E-state index contributed by atoms with van der Waals surface area (Å²) in [6.07, 6.45) is 4.91. The van der Waals surface area contributed by atoms with E-state index in [1.807, 2.05) is 19.2 Å². The molecule has 0 bridgehead atoms. The lowest BCUT2D eigenvalue weighted by Gasteiger charge is -2.32. The third-order valence-corrected chi connectivity index (χ3v) is 5.58. The first kappa shape index (κ1) is 25.0. The Morgan fingerprint density at radius 3 is 2.46 bits per heavy atom. The summed E-state index contributed by atoms with van der Waals surface area (Å²) in [5.41, 5.74) is 1.35. The Kier molecular flexibility index (Phi) is 12.5. The minimum absolute atomic E-state index is 0. The molecule has 1 unspecified atom stereocenters. The highest BCUT2D eigenvalue weighted by atomic mass is 127. The smallest absolute Gasteiger partial charge is 0.190 e. The molecule has 0 amide bonds. The molecule has 1 aliphatic rings. The number of guanidine groups is 1. The highest BCUT2D eigenvalue weighted by molar-refractivity contribution is 14.0. The molecule has 1 aliphatic heterocycles. The lowest BCUT2D eigenvalue weighted by atomic mass is 9.96. The van der Waals surface area contributed by atoms with E-state index in [0.29, 0.717) is 5.92 Å². The summed E-state index contributed by atoms with van der Waals surface area (Å²) in [7, 11) is 3.56. The van der Waals surface area contributed by atoms with Gasteiger partial charge in [0, 0.05) is 20.1 Å². The SMILES string of the molecule is CCCN1CCC(CNC(=NC)NCCC(C)c2ccc(OC)cc2)CC1.I. The summed E-state index contributed by atoms with van der Waals surface area (Å²) in [4.78, 5) is 6.96. The maximum Gasteiger partial charge on any atom is 0.190 e. The number of halogens is 1. The predicted octanol–water partition coefficient (Wildman–Crippen LogP) is 4.09. The lowest BCUT2D eigenvalue weighted by Crippen LogP contribution is -2.43. The summed E-state index contributed by atoms with van der Waals surface area (Å²) in [6, 6.07) is 8.38. The van der Waals surface area contributed by atoms with Gasteiger partial charge < -0.3 is 20.3 Å². The molecule has 1 aromatic rings. The highest BCUT2D eigenvalue weighted by Gasteiger charge is 2.18. The van der Waals surface area contributed by atoms with Crippen LogP contribution in [0, 0.1) is 5.92 Å². The monoisotopic (exact) mass is 502 g/mol. The standard InChI is InChI=1S/C22H38N4O.HI/c1-5-14-26-15-11-19(12-16-26)17-25-22(23-3)24-13-10-18(2)20-6-8-21(27-4)9-7-20;/h6-9,18-19H,5,10-17H2,1-4H3,(H2,23,24,25);1H. The average Bonchev–Trinajstić information content (AvgIpc) is 2.71. The maximum absolute atomic E-state index is 5.23. The quantitative estimate of drug-likeness (QED) is 0.304. The van der Waals surface area contributed by atoms with E-state index in [1.54, 1.807) is 7.11 Å². The Morgan fingerprint density at radius 2 is 1.89 bits per heavy atom. The molecule has 28 heavy (non-hydrogen) atoms. The predicted molar refractivity (Wildman–Crippen MR) is 130 cm³/mol. The van der Waals surface area contributed by atoms with Gasteiger partial charge in [0.1, 0.15) is 5.75 Å². The molecule has 0 spiro atoms. The average molecular weight is 502 g/mol. The van der Waals surface area contributed by atoms with Crippen LogP contribution >= 0.6 is 24.0 Å². The summed E-state index contributed by atoms with van der Waals surface area (Å²) in [5, 5.41) is 6.98. The van der Waals surface area contributed by atoms with Crippen molar-refractivity contribution in [2.45, 2.75) is 45.4 Å². The number of piperidine rings is 1. The fourth-order valence-electron chi connectivity index (χ4n) is 3.70. The molecule has 1 fully saturated rings. The van der Waals surface area contributed by atoms with Crippen LogP contribution in [0.4, 0.5) is 0 Å². The maximum atomic E-state index is 5.23. The molecule has 0 aromatic heterocycles. The highest BCUT2D eigenvalue weighted by Crippen LogP contribution is 2.21. The van der Waals surface area contributed by atoms with Crippen molar-refractivity contribution in [1.82, 2.24) is 15.5 Å². The second kappa shape index (κ2) is 14.0. The van der Waals surface area contributed by atoms with Crippen LogP contribution in [0.2, 0.25) is 0 Å². The van der Waals surface area contributed by atoms with E-state index in [-0.39, 0.29) is 24.0 Å². The number of benzene rings is 1. The van der Waals surface area contributed by atoms with E-state index >= 15 is 0 Å². The summed E-state index contributed by atoms with van der Waals surface area (Å²) in [5.74, 6) is 3.10. The first-order valence-electron chi connectivity index (χ1n) is 10.5. The van der Waals surface area contributed by atoms with Gasteiger partial charge in [-0.2, -0.15) is 0 Å². The zero-order valence-electron chi connectivity index (χ0n) is 18.0. The van der Waals surface area contributed by atoms with Crippen molar-refractivity contribution in [3.8, 4) is 5.75 Å². The number of nitrogens with zero attached hydrogens (tertiary/aromatic N) is 2. The van der Waals surface area contributed by atoms with Crippen LogP contribution in [-0.2, 0) is 0 Å². The molecule has 0 radical (unpaired) electrons. The molecule has 160 valence electrons. The zero-order chi connectivity index (χ0) is 19.5. The topological polar surface area (TPSA) is 48.9 Å². The number of methoxy groups -OCH3 is 1. The van der Waals surface area contributed by atoms with Crippen LogP contribution in [0.1, 0.15) is 51.0 Å². The Hall–Kier alpha value is -1.02. The van der Waals surface area contributed by atoms with Gasteiger partial charge in [-0.15, -0.1) is 24.0 Å². The first-order chi connectivity index (χ1) is 13.2. The van der Waals surface area contributed by atoms with Gasteiger partial charge in [-0.1, -0.05) is 26.0 Å². The van der Waals surface area contributed by atoms with Crippen LogP contribution in [-0.4, -0.2) is 57.7 Å². The van der Waals surface area contributed by atoms with Gasteiger partial charge in [-0.05, 0) is 74.8 Å². The van der Waals surface area contributed by atoms with Crippen molar-refractivity contribution in [1.29, 1.82) is 0 Å². The van der Waals surface area contributed by atoms with Gasteiger partial charge in [0.2, 0.25) is 0 Å². The molecule has 6 heteroatoms. The van der Waals surface area contributed by atoms with E-state index in [9.17, 15) is 0 Å². The normalized spacial score (nSPS) is 16.9. The van der Waals surface area contributed by atoms with E-state index < -0.39 is 0 Å². The van der Waals surface area contributed by atoms with Crippen LogP contribution < -0.4 is 15.4 Å². The molecule has 2 rings (SSSR count). The van der Waals surface area contributed by atoms with Crippen LogP contribution in [0.15, 0.2) is 29.3 Å². The number of nitrogens with one attached hydrogen (secondary N) is 2. The summed E-state index contributed by atoms with van der Waals surface area (Å²) in [6.45, 7) is 10.2. The van der Waals surface area contributed by atoms with Gasteiger partial charge in [0.05, 0.1) is 7.11 Å². The van der Waals surface area contributed by atoms with Crippen molar-refractivity contribution in [3.05, 3.63) is 29.8 Å². The van der Waals surface area contributed by atoms with Crippen LogP contribution in [0.5, 0.6) is 5.75 Å². The molecule has 1 heterocycles. The molecule has 1 aromatic carbocycles. The Bertz CT molecular complexity index is 556. The van der Waals surface area contributed by atoms with Crippen molar-refractivity contribution in [3.63, 3.8) is 0 Å². The molecule has 2 N–H and O–H groups in total. The van der Waals surface area contributed by atoms with E-state index in [0.717, 1.165) is 37.1 Å². The van der Waals surface area contributed by atoms with Crippen molar-refractivity contribution in [2.75, 3.05) is 46.9 Å². The van der Waals surface area contributed by atoms with E-state index in [1.165, 1.54) is 44.5 Å². The molecule has 1 saturated heterocycles. The molecule has 0 aliphatic carbocycles. The third-order valence-electron chi connectivity index (χ3n) is 5.58. The van der Waals surface area contributed by atoms with Crippen molar-refractivity contribution in [2.24, 2.45) is 10.9 Å².